The van der Waals surface area contributed by atoms with Crippen LogP contribution in [0.15, 0.2) is 25.0 Å². The zero-order valence-electron chi connectivity index (χ0n) is 21.3. The molecular formula is C23H35N9O6. The number of aromatic amines is 2. The van der Waals surface area contributed by atoms with E-state index >= 15 is 0 Å². The molecule has 2 rings (SSSR count). The highest BCUT2D eigenvalue weighted by atomic mass is 16.4. The van der Waals surface area contributed by atoms with Gasteiger partial charge in [0.05, 0.1) is 18.7 Å². The van der Waals surface area contributed by atoms with E-state index in [1.165, 1.54) is 25.0 Å². The van der Waals surface area contributed by atoms with E-state index in [0.29, 0.717) is 17.8 Å². The number of amides is 4. The van der Waals surface area contributed by atoms with Crippen molar-refractivity contribution in [3.8, 4) is 0 Å². The quantitative estimate of drug-likeness (QED) is 0.120. The predicted molar refractivity (Wildman–Crippen MR) is 134 cm³/mol. The number of nitrogens with two attached hydrogens (primary N) is 2. The number of carbonyl (C=O) groups excluding carboxylic acids is 4. The molecule has 0 saturated heterocycles. The molecule has 0 aromatic carbocycles. The van der Waals surface area contributed by atoms with Crippen LogP contribution in [-0.2, 0) is 36.8 Å². The van der Waals surface area contributed by atoms with Crippen molar-refractivity contribution >= 4 is 29.6 Å². The molecule has 5 atom stereocenters. The van der Waals surface area contributed by atoms with E-state index in [1.54, 1.807) is 6.92 Å². The van der Waals surface area contributed by atoms with Gasteiger partial charge >= 0.3 is 5.97 Å². The first-order valence-corrected chi connectivity index (χ1v) is 12.1. The molecule has 0 radical (unpaired) electrons. The average Bonchev–Trinajstić information content (AvgIpc) is 3.58. The van der Waals surface area contributed by atoms with Crippen molar-refractivity contribution in [1.82, 2.24) is 35.9 Å². The first-order valence-electron chi connectivity index (χ1n) is 12.1. The number of aromatic nitrogens is 4. The zero-order valence-corrected chi connectivity index (χ0v) is 21.3. The van der Waals surface area contributed by atoms with Crippen LogP contribution in [-0.4, -0.2) is 78.8 Å². The van der Waals surface area contributed by atoms with Crippen LogP contribution in [0.4, 0.5) is 0 Å². The maximum absolute atomic E-state index is 13.3. The van der Waals surface area contributed by atoms with Gasteiger partial charge < -0.3 is 42.5 Å². The SMILES string of the molecule is CCC(C)C(NC(=O)C(Cc1cnc[nH]1)NC(=O)C(N)CCC(N)=O)C(=O)NC(Cc1cnc[nH]1)C(=O)O. The van der Waals surface area contributed by atoms with Gasteiger partial charge in [0, 0.05) is 43.0 Å². The Morgan fingerprint density at radius 2 is 1.47 bits per heavy atom. The monoisotopic (exact) mass is 533 g/mol. The summed E-state index contributed by atoms with van der Waals surface area (Å²) in [5.41, 5.74) is 12.0. The van der Waals surface area contributed by atoms with E-state index in [4.69, 9.17) is 11.5 Å². The molecule has 15 heteroatoms. The minimum atomic E-state index is -1.27. The molecular weight excluding hydrogens is 498 g/mol. The predicted octanol–water partition coefficient (Wildman–Crippen LogP) is -1.90. The summed E-state index contributed by atoms with van der Waals surface area (Å²) in [6.07, 6.45) is 6.08. The van der Waals surface area contributed by atoms with Crippen molar-refractivity contribution in [2.75, 3.05) is 0 Å². The normalized spacial score (nSPS) is 14.9. The lowest BCUT2D eigenvalue weighted by molar-refractivity contribution is -0.142. The molecule has 5 unspecified atom stereocenters. The molecule has 2 aromatic rings. The fourth-order valence-corrected chi connectivity index (χ4v) is 3.57. The molecule has 38 heavy (non-hydrogen) atoms. The number of primary amides is 1. The highest BCUT2D eigenvalue weighted by Gasteiger charge is 2.33. The fourth-order valence-electron chi connectivity index (χ4n) is 3.57. The summed E-state index contributed by atoms with van der Waals surface area (Å²) in [6, 6.07) is -4.61. The molecule has 0 aliphatic carbocycles. The van der Waals surface area contributed by atoms with Gasteiger partial charge in [-0.2, -0.15) is 0 Å². The van der Waals surface area contributed by atoms with E-state index in [0.717, 1.165) is 0 Å². The summed E-state index contributed by atoms with van der Waals surface area (Å²) in [7, 11) is 0. The maximum Gasteiger partial charge on any atom is 0.326 e. The number of carboxylic acids is 1. The summed E-state index contributed by atoms with van der Waals surface area (Å²) in [5, 5.41) is 17.3. The average molecular weight is 534 g/mol. The van der Waals surface area contributed by atoms with Gasteiger partial charge in [0.15, 0.2) is 0 Å². The lowest BCUT2D eigenvalue weighted by atomic mass is 9.96. The third kappa shape index (κ3) is 9.31. The number of aliphatic carboxylic acids is 1. The number of hydrogen-bond donors (Lipinski definition) is 8. The summed E-state index contributed by atoms with van der Waals surface area (Å²) in [5.74, 6) is -4.30. The van der Waals surface area contributed by atoms with Crippen LogP contribution >= 0.6 is 0 Å². The fraction of sp³-hybridized carbons (Fsp3) is 0.522. The van der Waals surface area contributed by atoms with Gasteiger partial charge in [0.1, 0.15) is 18.1 Å². The molecule has 208 valence electrons. The molecule has 0 aliphatic heterocycles. The second kappa shape index (κ2) is 14.5. The number of H-pyrrole nitrogens is 2. The number of carbonyl (C=O) groups is 5. The number of nitrogens with zero attached hydrogens (tertiary/aromatic N) is 2. The molecule has 10 N–H and O–H groups in total. The van der Waals surface area contributed by atoms with Gasteiger partial charge in [0.25, 0.3) is 0 Å². The Kier molecular flexibility index (Phi) is 11.4. The Hall–Kier alpha value is -4.27. The summed E-state index contributed by atoms with van der Waals surface area (Å²) < 4.78 is 0. The molecule has 0 spiro atoms. The number of hydrogen-bond acceptors (Lipinski definition) is 8. The number of nitrogens with one attached hydrogen (secondary N) is 5. The lowest BCUT2D eigenvalue weighted by Gasteiger charge is -2.28. The first-order chi connectivity index (χ1) is 18.0. The Morgan fingerprint density at radius 3 is 1.95 bits per heavy atom. The van der Waals surface area contributed by atoms with Crippen LogP contribution in [0.3, 0.4) is 0 Å². The summed E-state index contributed by atoms with van der Waals surface area (Å²) >= 11 is 0. The Morgan fingerprint density at radius 1 is 0.921 bits per heavy atom. The third-order valence-electron chi connectivity index (χ3n) is 6.04. The van der Waals surface area contributed by atoms with Crippen LogP contribution in [0.5, 0.6) is 0 Å². The van der Waals surface area contributed by atoms with Crippen molar-refractivity contribution in [2.24, 2.45) is 17.4 Å². The maximum atomic E-state index is 13.3. The van der Waals surface area contributed by atoms with E-state index < -0.39 is 53.8 Å². The number of imidazole rings is 2. The molecule has 2 heterocycles. The topological polar surface area (TPSA) is 251 Å². The second-order valence-electron chi connectivity index (χ2n) is 9.01. The molecule has 4 amide bonds. The van der Waals surface area contributed by atoms with Crippen LogP contribution in [0.25, 0.3) is 0 Å². The second-order valence-corrected chi connectivity index (χ2v) is 9.01. The van der Waals surface area contributed by atoms with Crippen molar-refractivity contribution < 1.29 is 29.1 Å². The minimum Gasteiger partial charge on any atom is -0.480 e. The van der Waals surface area contributed by atoms with Crippen molar-refractivity contribution in [3.05, 3.63) is 36.4 Å². The number of carboxylic acid groups (broad SMARTS) is 1. The van der Waals surface area contributed by atoms with Crippen molar-refractivity contribution in [2.45, 2.75) is 70.1 Å². The molecule has 0 bridgehead atoms. The molecule has 0 saturated carbocycles. The van der Waals surface area contributed by atoms with E-state index in [1.807, 2.05) is 6.92 Å². The van der Waals surface area contributed by atoms with Crippen LogP contribution in [0.2, 0.25) is 0 Å². The highest BCUT2D eigenvalue weighted by molar-refractivity contribution is 5.94. The Balaban J connectivity index is 2.17. The largest absolute Gasteiger partial charge is 0.480 e. The Labute approximate surface area is 218 Å². The van der Waals surface area contributed by atoms with Crippen molar-refractivity contribution in [3.63, 3.8) is 0 Å². The van der Waals surface area contributed by atoms with Gasteiger partial charge in [-0.25, -0.2) is 14.8 Å². The molecule has 2 aromatic heterocycles. The van der Waals surface area contributed by atoms with E-state index in [2.05, 4.69) is 35.9 Å². The smallest absolute Gasteiger partial charge is 0.326 e. The van der Waals surface area contributed by atoms with Gasteiger partial charge in [0.2, 0.25) is 23.6 Å². The Bertz CT molecular complexity index is 1070. The van der Waals surface area contributed by atoms with Crippen LogP contribution < -0.4 is 27.4 Å². The lowest BCUT2D eigenvalue weighted by Crippen LogP contribution is -2.59. The summed E-state index contributed by atoms with van der Waals surface area (Å²) in [6.45, 7) is 3.55. The first kappa shape index (κ1) is 30.0. The third-order valence-corrected chi connectivity index (χ3v) is 6.04. The van der Waals surface area contributed by atoms with Crippen LogP contribution in [0.1, 0.15) is 44.5 Å². The number of rotatable bonds is 16. The minimum absolute atomic E-state index is 0.00648. The van der Waals surface area contributed by atoms with Gasteiger partial charge in [-0.05, 0) is 12.3 Å². The van der Waals surface area contributed by atoms with Gasteiger partial charge in [-0.1, -0.05) is 20.3 Å². The van der Waals surface area contributed by atoms with Gasteiger partial charge in [-0.3, -0.25) is 19.2 Å². The standard InChI is InChI=1S/C23H35N9O6/c1-3-12(2)19(22(36)31-17(23(37)38)7-14-9-27-11-29-14)32-21(35)16(6-13-8-26-10-28-13)30-20(34)15(24)4-5-18(25)33/h8-12,15-17,19H,3-7,24H2,1-2H3,(H2,25,33)(H,26,28)(H,27,29)(H,30,34)(H,31,36)(H,32,35)(H,37,38). The van der Waals surface area contributed by atoms with Crippen molar-refractivity contribution in [1.29, 1.82) is 0 Å². The van der Waals surface area contributed by atoms with E-state index in [9.17, 15) is 29.1 Å². The molecule has 0 fully saturated rings. The highest BCUT2D eigenvalue weighted by Crippen LogP contribution is 2.11. The summed E-state index contributed by atoms with van der Waals surface area (Å²) in [4.78, 5) is 75.3. The molecule has 15 nitrogen and oxygen atoms in total. The molecule has 0 aliphatic rings. The van der Waals surface area contributed by atoms with E-state index in [-0.39, 0.29) is 31.6 Å². The zero-order chi connectivity index (χ0) is 28.2. The van der Waals surface area contributed by atoms with Gasteiger partial charge in [-0.15, -0.1) is 0 Å². The van der Waals surface area contributed by atoms with Crippen LogP contribution in [0, 0.1) is 5.92 Å².